The molecular weight excluding hydrogens is 410 g/mol. The Morgan fingerprint density at radius 3 is 2.33 bits per heavy atom. The Bertz CT molecular complexity index is 778. The summed E-state index contributed by atoms with van der Waals surface area (Å²) in [6.07, 6.45) is 9.25. The van der Waals surface area contributed by atoms with E-state index in [1.54, 1.807) is 13.0 Å². The van der Waals surface area contributed by atoms with Crippen molar-refractivity contribution in [3.8, 4) is 16.9 Å². The van der Waals surface area contributed by atoms with Gasteiger partial charge in [0, 0.05) is 10.9 Å². The number of hydrogen-bond acceptors (Lipinski definition) is 1. The van der Waals surface area contributed by atoms with Crippen LogP contribution in [0, 0.1) is 17.6 Å². The van der Waals surface area contributed by atoms with Crippen LogP contribution in [-0.2, 0) is 0 Å². The molecule has 2 aromatic carbocycles. The molecule has 0 amide bonds. The molecule has 1 aliphatic rings. The van der Waals surface area contributed by atoms with E-state index >= 15 is 0 Å². The number of ether oxygens (including phenoxy) is 1. The van der Waals surface area contributed by atoms with E-state index in [-0.39, 0.29) is 11.3 Å². The van der Waals surface area contributed by atoms with Crippen LogP contribution >= 0.6 is 15.9 Å². The van der Waals surface area contributed by atoms with Gasteiger partial charge in [-0.3, -0.25) is 0 Å². The van der Waals surface area contributed by atoms with E-state index in [4.69, 9.17) is 4.74 Å². The Morgan fingerprint density at radius 1 is 1.00 bits per heavy atom. The molecule has 3 rings (SSSR count). The van der Waals surface area contributed by atoms with Gasteiger partial charge in [0.05, 0.1) is 6.61 Å². The SMILES string of the molecule is CCOc1ccc(-c2ccc(C3CCC(/C=C/CBr)CC3)cc2)c(F)c1F. The van der Waals surface area contributed by atoms with Gasteiger partial charge in [0.25, 0.3) is 0 Å². The monoisotopic (exact) mass is 434 g/mol. The first-order valence-electron chi connectivity index (χ1n) is 9.57. The van der Waals surface area contributed by atoms with Crippen LogP contribution in [0.3, 0.4) is 0 Å². The molecule has 0 aromatic heterocycles. The summed E-state index contributed by atoms with van der Waals surface area (Å²) >= 11 is 3.43. The van der Waals surface area contributed by atoms with Gasteiger partial charge in [-0.15, -0.1) is 0 Å². The van der Waals surface area contributed by atoms with Crippen LogP contribution in [0.4, 0.5) is 8.78 Å². The van der Waals surface area contributed by atoms with E-state index in [1.165, 1.54) is 37.3 Å². The van der Waals surface area contributed by atoms with Crippen molar-refractivity contribution in [2.45, 2.75) is 38.5 Å². The minimum atomic E-state index is -0.923. The van der Waals surface area contributed by atoms with Crippen LogP contribution in [0.5, 0.6) is 5.75 Å². The third-order valence-electron chi connectivity index (χ3n) is 5.31. The van der Waals surface area contributed by atoms with Gasteiger partial charge in [-0.05, 0) is 67.7 Å². The van der Waals surface area contributed by atoms with Gasteiger partial charge in [0.1, 0.15) is 0 Å². The number of allylic oxidation sites excluding steroid dienone is 2. The topological polar surface area (TPSA) is 9.23 Å². The maximum atomic E-state index is 14.4. The van der Waals surface area contributed by atoms with Crippen molar-refractivity contribution in [3.63, 3.8) is 0 Å². The van der Waals surface area contributed by atoms with Crippen LogP contribution < -0.4 is 4.74 Å². The lowest BCUT2D eigenvalue weighted by Gasteiger charge is -2.27. The Labute approximate surface area is 168 Å². The number of halogens is 3. The van der Waals surface area contributed by atoms with E-state index in [0.29, 0.717) is 24.0 Å². The zero-order valence-electron chi connectivity index (χ0n) is 15.6. The lowest BCUT2D eigenvalue weighted by atomic mass is 9.78. The third kappa shape index (κ3) is 4.78. The summed E-state index contributed by atoms with van der Waals surface area (Å²) in [4.78, 5) is 0. The predicted octanol–water partition coefficient (Wildman–Crippen LogP) is 7.26. The summed E-state index contributed by atoms with van der Waals surface area (Å²) in [5.41, 5.74) is 2.24. The average molecular weight is 435 g/mol. The second kappa shape index (κ2) is 9.50. The molecule has 27 heavy (non-hydrogen) atoms. The molecule has 1 fully saturated rings. The standard InChI is InChI=1S/C23H25BrF2O/c1-2-27-21-14-13-20(22(25)23(21)26)19-11-9-18(10-12-19)17-7-5-16(6-8-17)4-3-15-24/h3-4,9-14,16-17H,2,5-8,15H2,1H3/b4-3+. The maximum absolute atomic E-state index is 14.4. The minimum Gasteiger partial charge on any atom is -0.491 e. The molecule has 2 aromatic rings. The highest BCUT2D eigenvalue weighted by molar-refractivity contribution is 9.09. The molecule has 0 bridgehead atoms. The molecule has 0 saturated heterocycles. The summed E-state index contributed by atoms with van der Waals surface area (Å²) in [5.74, 6) is -0.587. The fourth-order valence-electron chi connectivity index (χ4n) is 3.85. The van der Waals surface area contributed by atoms with E-state index in [9.17, 15) is 8.78 Å². The molecule has 4 heteroatoms. The third-order valence-corrected chi connectivity index (χ3v) is 5.68. The van der Waals surface area contributed by atoms with Crippen molar-refractivity contribution in [3.05, 3.63) is 65.7 Å². The van der Waals surface area contributed by atoms with Gasteiger partial charge in [0.2, 0.25) is 5.82 Å². The van der Waals surface area contributed by atoms with E-state index in [0.717, 1.165) is 5.33 Å². The Kier molecular flexibility index (Phi) is 7.06. The zero-order chi connectivity index (χ0) is 19.2. The van der Waals surface area contributed by atoms with Crippen molar-refractivity contribution >= 4 is 15.9 Å². The van der Waals surface area contributed by atoms with Gasteiger partial charge < -0.3 is 4.74 Å². The summed E-state index contributed by atoms with van der Waals surface area (Å²) in [6, 6.07) is 11.0. The lowest BCUT2D eigenvalue weighted by Crippen LogP contribution is -2.11. The lowest BCUT2D eigenvalue weighted by molar-refractivity contribution is 0.314. The molecule has 0 aliphatic heterocycles. The van der Waals surface area contributed by atoms with Crippen molar-refractivity contribution in [1.82, 2.24) is 0 Å². The number of rotatable bonds is 6. The molecule has 1 aliphatic carbocycles. The summed E-state index contributed by atoms with van der Waals surface area (Å²) in [5, 5.41) is 0.914. The van der Waals surface area contributed by atoms with Crippen LogP contribution in [0.2, 0.25) is 0 Å². The smallest absolute Gasteiger partial charge is 0.201 e. The fraction of sp³-hybridized carbons (Fsp3) is 0.391. The van der Waals surface area contributed by atoms with E-state index in [1.807, 2.05) is 12.1 Å². The largest absolute Gasteiger partial charge is 0.491 e. The van der Waals surface area contributed by atoms with Crippen LogP contribution in [0.15, 0.2) is 48.6 Å². The highest BCUT2D eigenvalue weighted by Gasteiger charge is 2.21. The highest BCUT2D eigenvalue weighted by atomic mass is 79.9. The quantitative estimate of drug-likeness (QED) is 0.343. The van der Waals surface area contributed by atoms with E-state index < -0.39 is 11.6 Å². The zero-order valence-corrected chi connectivity index (χ0v) is 17.1. The Morgan fingerprint density at radius 2 is 1.70 bits per heavy atom. The number of benzene rings is 2. The minimum absolute atomic E-state index is 0.0407. The molecule has 0 unspecified atom stereocenters. The first-order chi connectivity index (χ1) is 13.1. The molecule has 0 heterocycles. The number of hydrogen-bond donors (Lipinski definition) is 0. The molecule has 144 valence electrons. The summed E-state index contributed by atoms with van der Waals surface area (Å²) in [6.45, 7) is 2.05. The van der Waals surface area contributed by atoms with Gasteiger partial charge in [-0.1, -0.05) is 52.3 Å². The highest BCUT2D eigenvalue weighted by Crippen LogP contribution is 2.37. The van der Waals surface area contributed by atoms with Crippen molar-refractivity contribution < 1.29 is 13.5 Å². The molecular formula is C23H25BrF2O. The van der Waals surface area contributed by atoms with Crippen molar-refractivity contribution in [2.75, 3.05) is 11.9 Å². The van der Waals surface area contributed by atoms with Gasteiger partial charge >= 0.3 is 0 Å². The normalized spacial score (nSPS) is 20.1. The fourth-order valence-corrected chi connectivity index (χ4v) is 4.06. The maximum Gasteiger partial charge on any atom is 0.201 e. The number of alkyl halides is 1. The van der Waals surface area contributed by atoms with Crippen LogP contribution in [0.1, 0.15) is 44.1 Å². The first kappa shape index (κ1) is 20.1. The van der Waals surface area contributed by atoms with Gasteiger partial charge in [-0.2, -0.15) is 4.39 Å². The molecule has 1 nitrogen and oxygen atoms in total. The average Bonchev–Trinajstić information content (AvgIpc) is 2.71. The molecule has 0 N–H and O–H groups in total. The molecule has 1 saturated carbocycles. The predicted molar refractivity (Wildman–Crippen MR) is 111 cm³/mol. The summed E-state index contributed by atoms with van der Waals surface area (Å²) in [7, 11) is 0. The first-order valence-corrected chi connectivity index (χ1v) is 10.7. The van der Waals surface area contributed by atoms with Crippen molar-refractivity contribution in [1.29, 1.82) is 0 Å². The molecule has 0 atom stereocenters. The van der Waals surface area contributed by atoms with Gasteiger partial charge in [0.15, 0.2) is 11.6 Å². The van der Waals surface area contributed by atoms with Crippen LogP contribution in [-0.4, -0.2) is 11.9 Å². The Balaban J connectivity index is 1.71. The second-order valence-electron chi connectivity index (χ2n) is 6.99. The Hall–Kier alpha value is -1.68. The van der Waals surface area contributed by atoms with Crippen molar-refractivity contribution in [2.24, 2.45) is 5.92 Å². The van der Waals surface area contributed by atoms with E-state index in [2.05, 4.69) is 40.2 Å². The second-order valence-corrected chi connectivity index (χ2v) is 7.64. The summed E-state index contributed by atoms with van der Waals surface area (Å²) < 4.78 is 33.6. The molecule has 0 spiro atoms. The molecule has 0 radical (unpaired) electrons. The van der Waals surface area contributed by atoms with Gasteiger partial charge in [-0.25, -0.2) is 4.39 Å². The van der Waals surface area contributed by atoms with Crippen LogP contribution in [0.25, 0.3) is 11.1 Å².